The van der Waals surface area contributed by atoms with Crippen LogP contribution in [-0.4, -0.2) is 10.9 Å². The lowest BCUT2D eigenvalue weighted by atomic mass is 10.2. The molecule has 4 nitrogen and oxygen atoms in total. The molecule has 1 aromatic carbocycles. The van der Waals surface area contributed by atoms with Crippen LogP contribution in [0.4, 0.5) is 5.82 Å². The summed E-state index contributed by atoms with van der Waals surface area (Å²) in [6.45, 7) is 3.90. The maximum Gasteiger partial charge on any atom is 0.292 e. The molecule has 0 atom stereocenters. The van der Waals surface area contributed by atoms with E-state index in [0.29, 0.717) is 11.4 Å². The molecule has 1 N–H and O–H groups in total. The molecule has 0 saturated heterocycles. The van der Waals surface area contributed by atoms with Gasteiger partial charge in [-0.3, -0.25) is 4.79 Å². The number of rotatable bonds is 2. The van der Waals surface area contributed by atoms with E-state index >= 15 is 0 Å². The summed E-state index contributed by atoms with van der Waals surface area (Å²) in [6, 6.07) is 11.3. The van der Waals surface area contributed by atoms with Crippen LogP contribution in [-0.2, 0) is 0 Å². The Bertz CT molecular complexity index is 790. The van der Waals surface area contributed by atoms with E-state index < -0.39 is 0 Å². The third kappa shape index (κ3) is 2.28. The summed E-state index contributed by atoms with van der Waals surface area (Å²) in [4.78, 5) is 16.3. The molecule has 100 valence electrons. The molecule has 1 amide bonds. The van der Waals surface area contributed by atoms with Gasteiger partial charge in [0.2, 0.25) is 0 Å². The number of nitrogens with zero attached hydrogens (tertiary/aromatic N) is 1. The maximum atomic E-state index is 12.2. The molecule has 2 aromatic heterocycles. The zero-order valence-corrected chi connectivity index (χ0v) is 11.3. The van der Waals surface area contributed by atoms with Gasteiger partial charge in [-0.1, -0.05) is 17.7 Å². The summed E-state index contributed by atoms with van der Waals surface area (Å²) < 4.78 is 5.56. The van der Waals surface area contributed by atoms with E-state index in [1.165, 1.54) is 0 Å². The highest BCUT2D eigenvalue weighted by molar-refractivity contribution is 6.04. The number of carbonyl (C=O) groups is 1. The van der Waals surface area contributed by atoms with Crippen LogP contribution < -0.4 is 5.32 Å². The number of amides is 1. The van der Waals surface area contributed by atoms with E-state index in [-0.39, 0.29) is 11.7 Å². The van der Waals surface area contributed by atoms with Crippen molar-refractivity contribution in [3.63, 3.8) is 0 Å². The average Bonchev–Trinajstić information content (AvgIpc) is 2.84. The van der Waals surface area contributed by atoms with E-state index in [2.05, 4.69) is 10.3 Å². The van der Waals surface area contributed by atoms with Crippen LogP contribution in [0.3, 0.4) is 0 Å². The Hall–Kier alpha value is -2.62. The van der Waals surface area contributed by atoms with E-state index in [9.17, 15) is 4.79 Å². The van der Waals surface area contributed by atoms with Gasteiger partial charge in [-0.2, -0.15) is 0 Å². The zero-order chi connectivity index (χ0) is 14.1. The summed E-state index contributed by atoms with van der Waals surface area (Å²) in [7, 11) is 0. The number of carbonyl (C=O) groups excluding carboxylic acids is 1. The molecule has 3 rings (SSSR count). The fourth-order valence-corrected chi connectivity index (χ4v) is 2.06. The summed E-state index contributed by atoms with van der Waals surface area (Å²) >= 11 is 0. The minimum absolute atomic E-state index is 0.288. The molecule has 4 heteroatoms. The lowest BCUT2D eigenvalue weighted by Crippen LogP contribution is -2.12. The monoisotopic (exact) mass is 266 g/mol. The second-order valence-electron chi connectivity index (χ2n) is 4.77. The topological polar surface area (TPSA) is 55.1 Å². The van der Waals surface area contributed by atoms with Gasteiger partial charge in [-0.25, -0.2) is 4.98 Å². The van der Waals surface area contributed by atoms with E-state index in [0.717, 1.165) is 16.5 Å². The molecule has 0 aliphatic carbocycles. The van der Waals surface area contributed by atoms with Crippen molar-refractivity contribution in [3.8, 4) is 0 Å². The van der Waals surface area contributed by atoms with Gasteiger partial charge in [0.1, 0.15) is 11.4 Å². The van der Waals surface area contributed by atoms with Crippen LogP contribution in [0, 0.1) is 13.8 Å². The van der Waals surface area contributed by atoms with Crippen molar-refractivity contribution >= 4 is 22.7 Å². The number of nitrogens with one attached hydrogen (secondary N) is 1. The Morgan fingerprint density at radius 1 is 1.20 bits per heavy atom. The highest BCUT2D eigenvalue weighted by atomic mass is 16.3. The quantitative estimate of drug-likeness (QED) is 0.769. The fourth-order valence-electron chi connectivity index (χ4n) is 2.06. The maximum absolute atomic E-state index is 12.2. The van der Waals surface area contributed by atoms with Crippen LogP contribution >= 0.6 is 0 Å². The van der Waals surface area contributed by atoms with Crippen LogP contribution in [0.1, 0.15) is 21.7 Å². The lowest BCUT2D eigenvalue weighted by Gasteiger charge is -2.04. The van der Waals surface area contributed by atoms with Gasteiger partial charge < -0.3 is 9.73 Å². The molecule has 0 unspecified atom stereocenters. The van der Waals surface area contributed by atoms with Crippen LogP contribution in [0.5, 0.6) is 0 Å². The second-order valence-corrected chi connectivity index (χ2v) is 4.77. The van der Waals surface area contributed by atoms with Gasteiger partial charge in [0.05, 0.1) is 0 Å². The van der Waals surface area contributed by atoms with Crippen LogP contribution in [0.25, 0.3) is 11.0 Å². The molecular weight excluding hydrogens is 252 g/mol. The van der Waals surface area contributed by atoms with Gasteiger partial charge >= 0.3 is 0 Å². The van der Waals surface area contributed by atoms with E-state index in [4.69, 9.17) is 4.42 Å². The number of aromatic nitrogens is 1. The SMILES string of the molecule is Cc1ccc2oc(C(=O)Nc3ncccc3C)cc2c1. The molecule has 0 aliphatic rings. The van der Waals surface area contributed by atoms with Crippen molar-refractivity contribution in [2.45, 2.75) is 13.8 Å². The van der Waals surface area contributed by atoms with Crippen molar-refractivity contribution in [2.24, 2.45) is 0 Å². The number of fused-ring (bicyclic) bond motifs is 1. The molecule has 0 bridgehead atoms. The Morgan fingerprint density at radius 3 is 2.85 bits per heavy atom. The average molecular weight is 266 g/mol. The molecule has 3 aromatic rings. The summed E-state index contributed by atoms with van der Waals surface area (Å²) in [5.74, 6) is 0.547. The van der Waals surface area contributed by atoms with Crippen LogP contribution in [0.15, 0.2) is 47.0 Å². The molecular formula is C16H14N2O2. The van der Waals surface area contributed by atoms with Crippen molar-refractivity contribution in [1.82, 2.24) is 4.98 Å². The summed E-state index contributed by atoms with van der Waals surface area (Å²) in [6.07, 6.45) is 1.64. The number of furan rings is 1. The highest BCUT2D eigenvalue weighted by Crippen LogP contribution is 2.21. The smallest absolute Gasteiger partial charge is 0.292 e. The molecule has 2 heterocycles. The first-order valence-electron chi connectivity index (χ1n) is 6.36. The molecule has 0 aliphatic heterocycles. The third-order valence-electron chi connectivity index (χ3n) is 3.14. The number of benzene rings is 1. The Morgan fingerprint density at radius 2 is 2.05 bits per heavy atom. The lowest BCUT2D eigenvalue weighted by molar-refractivity contribution is 0.0998. The van der Waals surface area contributed by atoms with Gasteiger partial charge in [0.15, 0.2) is 5.76 Å². The van der Waals surface area contributed by atoms with Gasteiger partial charge in [0.25, 0.3) is 5.91 Å². The number of hydrogen-bond acceptors (Lipinski definition) is 3. The molecule has 0 saturated carbocycles. The first-order chi connectivity index (χ1) is 9.63. The van der Waals surface area contributed by atoms with Crippen molar-refractivity contribution in [2.75, 3.05) is 5.32 Å². The third-order valence-corrected chi connectivity index (χ3v) is 3.14. The predicted molar refractivity (Wildman–Crippen MR) is 77.9 cm³/mol. The normalized spacial score (nSPS) is 10.7. The van der Waals surface area contributed by atoms with Crippen molar-refractivity contribution < 1.29 is 9.21 Å². The minimum Gasteiger partial charge on any atom is -0.451 e. The number of anilines is 1. The van der Waals surface area contributed by atoms with Gasteiger partial charge in [-0.05, 0) is 43.7 Å². The second kappa shape index (κ2) is 4.81. The molecule has 0 radical (unpaired) electrons. The first-order valence-corrected chi connectivity index (χ1v) is 6.36. The van der Waals surface area contributed by atoms with E-state index in [1.54, 1.807) is 12.3 Å². The molecule has 0 spiro atoms. The van der Waals surface area contributed by atoms with Crippen molar-refractivity contribution in [3.05, 3.63) is 59.5 Å². The van der Waals surface area contributed by atoms with Gasteiger partial charge in [-0.15, -0.1) is 0 Å². The summed E-state index contributed by atoms with van der Waals surface area (Å²) in [5, 5.41) is 3.68. The largest absolute Gasteiger partial charge is 0.451 e. The van der Waals surface area contributed by atoms with Crippen molar-refractivity contribution in [1.29, 1.82) is 0 Å². The highest BCUT2D eigenvalue weighted by Gasteiger charge is 2.13. The minimum atomic E-state index is -0.291. The molecule has 20 heavy (non-hydrogen) atoms. The van der Waals surface area contributed by atoms with Crippen LogP contribution in [0.2, 0.25) is 0 Å². The predicted octanol–water partition coefficient (Wildman–Crippen LogP) is 3.70. The fraction of sp³-hybridized carbons (Fsp3) is 0.125. The Labute approximate surface area is 116 Å². The Balaban J connectivity index is 1.91. The standard InChI is InChI=1S/C16H14N2O2/c1-10-5-6-13-12(8-10)9-14(20-13)16(19)18-15-11(2)4-3-7-17-15/h3-9H,1-2H3,(H,17,18,19). The first kappa shape index (κ1) is 12.4. The van der Waals surface area contributed by atoms with E-state index in [1.807, 2.05) is 44.2 Å². The Kier molecular flexibility index (Phi) is 2.99. The number of aryl methyl sites for hydroxylation is 2. The van der Waals surface area contributed by atoms with Gasteiger partial charge in [0, 0.05) is 11.6 Å². The number of pyridine rings is 1. The summed E-state index contributed by atoms with van der Waals surface area (Å²) in [5.41, 5.74) is 2.75. The number of hydrogen-bond donors (Lipinski definition) is 1. The molecule has 0 fully saturated rings. The zero-order valence-electron chi connectivity index (χ0n) is 11.3.